The topological polar surface area (TPSA) is 94.6 Å². The number of ether oxygens (including phenoxy) is 4. The maximum absolute atomic E-state index is 13.8. The van der Waals surface area contributed by atoms with Crippen molar-refractivity contribution in [2.24, 2.45) is 5.41 Å². The molecule has 0 N–H and O–H groups in total. The highest BCUT2D eigenvalue weighted by Gasteiger charge is 2.44. The first-order valence-corrected chi connectivity index (χ1v) is 14.3. The number of fused-ring (bicyclic) bond motifs is 1. The maximum atomic E-state index is 13.8. The zero-order valence-corrected chi connectivity index (χ0v) is 22.1. The van der Waals surface area contributed by atoms with Gasteiger partial charge in [-0.25, -0.2) is 8.42 Å². The Balaban J connectivity index is 1.41. The summed E-state index contributed by atoms with van der Waals surface area (Å²) in [5.74, 6) is 1.44. The number of carbonyl (C=O) groups excluding carboxylic acids is 1. The van der Waals surface area contributed by atoms with E-state index in [4.69, 9.17) is 30.5 Å². The first-order chi connectivity index (χ1) is 17.9. The molecular formula is C26H31ClN2O7S. The number of hydrogen-bond donors (Lipinski definition) is 0. The maximum Gasteiger partial charge on any atom is 0.244 e. The molecule has 11 heteroatoms. The van der Waals surface area contributed by atoms with E-state index in [9.17, 15) is 13.2 Å². The van der Waals surface area contributed by atoms with Gasteiger partial charge in [0, 0.05) is 50.1 Å². The number of amides is 1. The molecule has 0 aromatic heterocycles. The highest BCUT2D eigenvalue weighted by Crippen LogP contribution is 2.41. The molecule has 5 rings (SSSR count). The standard InChI is InChI=1S/C26H31ClN2O7S/c27-21-15-22-23(35-14-13-34-22)16-24(21)37(31,32)29-8-4-7-26(18-29,19-36-20-5-2-1-3-6-20)17-25(30)28-9-11-33-12-10-28/h1-3,5-6,15-16H,4,7-14,17-19H2. The lowest BCUT2D eigenvalue weighted by Crippen LogP contribution is -2.51. The van der Waals surface area contributed by atoms with Crippen LogP contribution >= 0.6 is 11.6 Å². The lowest BCUT2D eigenvalue weighted by molar-refractivity contribution is -0.139. The van der Waals surface area contributed by atoms with E-state index in [2.05, 4.69) is 0 Å². The quantitative estimate of drug-likeness (QED) is 0.522. The Morgan fingerprint density at radius 1 is 1.00 bits per heavy atom. The second-order valence-electron chi connectivity index (χ2n) is 9.64. The van der Waals surface area contributed by atoms with Gasteiger partial charge in [-0.1, -0.05) is 29.8 Å². The third-order valence-electron chi connectivity index (χ3n) is 7.02. The van der Waals surface area contributed by atoms with Gasteiger partial charge in [-0.2, -0.15) is 4.31 Å². The molecule has 0 bridgehead atoms. The number of rotatable bonds is 7. The molecule has 0 aliphatic carbocycles. The molecule has 3 aliphatic heterocycles. The smallest absolute Gasteiger partial charge is 0.244 e. The van der Waals surface area contributed by atoms with Gasteiger partial charge in [-0.3, -0.25) is 4.79 Å². The molecule has 0 saturated carbocycles. The summed E-state index contributed by atoms with van der Waals surface area (Å²) in [6, 6.07) is 12.3. The summed E-state index contributed by atoms with van der Waals surface area (Å²) in [6.45, 7) is 3.46. The van der Waals surface area contributed by atoms with Crippen LogP contribution in [0.2, 0.25) is 5.02 Å². The summed E-state index contributed by atoms with van der Waals surface area (Å²) in [5, 5.41) is 0.0744. The van der Waals surface area contributed by atoms with Crippen molar-refractivity contribution in [1.82, 2.24) is 9.21 Å². The summed E-state index contributed by atoms with van der Waals surface area (Å²) in [4.78, 5) is 15.1. The average molecular weight is 551 g/mol. The summed E-state index contributed by atoms with van der Waals surface area (Å²) in [7, 11) is -3.98. The number of sulfonamides is 1. The molecule has 1 amide bonds. The van der Waals surface area contributed by atoms with Crippen molar-refractivity contribution in [1.29, 1.82) is 0 Å². The fourth-order valence-electron chi connectivity index (χ4n) is 5.06. The molecular weight excluding hydrogens is 520 g/mol. The highest BCUT2D eigenvalue weighted by atomic mass is 35.5. The van der Waals surface area contributed by atoms with Crippen molar-refractivity contribution >= 4 is 27.5 Å². The summed E-state index contributed by atoms with van der Waals surface area (Å²) in [5.41, 5.74) is -0.698. The molecule has 3 aliphatic rings. The molecule has 2 saturated heterocycles. The second-order valence-corrected chi connectivity index (χ2v) is 12.0. The van der Waals surface area contributed by atoms with Gasteiger partial charge in [0.25, 0.3) is 0 Å². The van der Waals surface area contributed by atoms with Gasteiger partial charge in [0.05, 0.1) is 24.8 Å². The Labute approximate surface area is 222 Å². The molecule has 1 atom stereocenters. The van der Waals surface area contributed by atoms with E-state index in [-0.39, 0.29) is 35.4 Å². The Morgan fingerprint density at radius 3 is 2.43 bits per heavy atom. The van der Waals surface area contributed by atoms with Crippen molar-refractivity contribution < 1.29 is 32.2 Å². The average Bonchev–Trinajstić information content (AvgIpc) is 2.92. The van der Waals surface area contributed by atoms with E-state index in [0.29, 0.717) is 76.2 Å². The molecule has 2 aromatic rings. The fraction of sp³-hybridized carbons (Fsp3) is 0.500. The molecule has 200 valence electrons. The van der Waals surface area contributed by atoms with Crippen LogP contribution in [0.25, 0.3) is 0 Å². The van der Waals surface area contributed by atoms with Gasteiger partial charge in [-0.15, -0.1) is 0 Å². The Hall–Kier alpha value is -2.53. The van der Waals surface area contributed by atoms with Gasteiger partial charge in [-0.05, 0) is 25.0 Å². The van der Waals surface area contributed by atoms with Crippen molar-refractivity contribution in [3.8, 4) is 17.2 Å². The van der Waals surface area contributed by atoms with Crippen LogP contribution in [0.15, 0.2) is 47.4 Å². The van der Waals surface area contributed by atoms with E-state index in [1.807, 2.05) is 30.3 Å². The summed E-state index contributed by atoms with van der Waals surface area (Å²) in [6.07, 6.45) is 1.44. The Kier molecular flexibility index (Phi) is 7.80. The van der Waals surface area contributed by atoms with Crippen LogP contribution in [-0.2, 0) is 19.6 Å². The lowest BCUT2D eigenvalue weighted by Gasteiger charge is -2.42. The summed E-state index contributed by atoms with van der Waals surface area (Å²) >= 11 is 6.42. The molecule has 9 nitrogen and oxygen atoms in total. The Bertz CT molecular complexity index is 1220. The first kappa shape index (κ1) is 26.1. The summed E-state index contributed by atoms with van der Waals surface area (Å²) < 4.78 is 51.8. The van der Waals surface area contributed by atoms with Crippen molar-refractivity contribution in [2.75, 3.05) is 59.2 Å². The number of piperidine rings is 1. The van der Waals surface area contributed by atoms with E-state index >= 15 is 0 Å². The molecule has 0 radical (unpaired) electrons. The third kappa shape index (κ3) is 5.82. The normalized spacial score (nSPS) is 22.5. The number of hydrogen-bond acceptors (Lipinski definition) is 7. The predicted molar refractivity (Wildman–Crippen MR) is 137 cm³/mol. The number of morpholine rings is 1. The molecule has 0 spiro atoms. The van der Waals surface area contributed by atoms with E-state index in [1.54, 1.807) is 4.90 Å². The third-order valence-corrected chi connectivity index (χ3v) is 9.33. The van der Waals surface area contributed by atoms with Crippen LogP contribution in [0.3, 0.4) is 0 Å². The first-order valence-electron chi connectivity index (χ1n) is 12.5. The minimum absolute atomic E-state index is 0.0171. The van der Waals surface area contributed by atoms with Crippen LogP contribution in [0, 0.1) is 5.41 Å². The SMILES string of the molecule is O=C(CC1(COc2ccccc2)CCCN(S(=O)(=O)c2cc3c(cc2Cl)OCCO3)C1)N1CCOCC1. The second kappa shape index (κ2) is 11.1. The van der Waals surface area contributed by atoms with Crippen molar-refractivity contribution in [3.05, 3.63) is 47.5 Å². The zero-order valence-electron chi connectivity index (χ0n) is 20.6. The van der Waals surface area contributed by atoms with E-state index in [0.717, 1.165) is 0 Å². The zero-order chi connectivity index (χ0) is 25.9. The lowest BCUT2D eigenvalue weighted by atomic mass is 9.78. The van der Waals surface area contributed by atoms with Crippen molar-refractivity contribution in [3.63, 3.8) is 0 Å². The van der Waals surface area contributed by atoms with Gasteiger partial charge < -0.3 is 23.8 Å². The number of carbonyl (C=O) groups is 1. The fourth-order valence-corrected chi connectivity index (χ4v) is 7.16. The van der Waals surface area contributed by atoms with Crippen molar-refractivity contribution in [2.45, 2.75) is 24.2 Å². The van der Waals surface area contributed by atoms with Gasteiger partial charge >= 0.3 is 0 Å². The molecule has 2 aromatic carbocycles. The predicted octanol–water partition coefficient (Wildman–Crippen LogP) is 3.21. The Morgan fingerprint density at radius 2 is 1.70 bits per heavy atom. The van der Waals surface area contributed by atoms with Crippen LogP contribution < -0.4 is 14.2 Å². The number of para-hydroxylation sites is 1. The molecule has 1 unspecified atom stereocenters. The van der Waals surface area contributed by atoms with Gasteiger partial charge in [0.2, 0.25) is 15.9 Å². The minimum atomic E-state index is -3.98. The van der Waals surface area contributed by atoms with Gasteiger partial charge in [0.15, 0.2) is 11.5 Å². The van der Waals surface area contributed by atoms with Crippen LogP contribution in [0.4, 0.5) is 0 Å². The highest BCUT2D eigenvalue weighted by molar-refractivity contribution is 7.89. The van der Waals surface area contributed by atoms with Crippen LogP contribution in [0.1, 0.15) is 19.3 Å². The number of halogens is 1. The van der Waals surface area contributed by atoms with Gasteiger partial charge in [0.1, 0.15) is 23.9 Å². The van der Waals surface area contributed by atoms with Crippen LogP contribution in [-0.4, -0.2) is 82.7 Å². The monoisotopic (exact) mass is 550 g/mol. The van der Waals surface area contributed by atoms with Crippen LogP contribution in [0.5, 0.6) is 17.2 Å². The molecule has 2 fully saturated rings. The molecule has 3 heterocycles. The van der Waals surface area contributed by atoms with E-state index in [1.165, 1.54) is 16.4 Å². The largest absolute Gasteiger partial charge is 0.493 e. The number of nitrogens with zero attached hydrogens (tertiary/aromatic N) is 2. The number of benzene rings is 2. The molecule has 37 heavy (non-hydrogen) atoms. The minimum Gasteiger partial charge on any atom is -0.493 e. The van der Waals surface area contributed by atoms with E-state index < -0.39 is 15.4 Å².